The average molecular weight is 749 g/mol. The Morgan fingerprint density at radius 3 is 1.83 bits per heavy atom. The van der Waals surface area contributed by atoms with E-state index in [1.165, 1.54) is 30.6 Å². The SMILES string of the molecule is O=C(Nc1ccc(Cl)cc1)c1ccc(-c2sc3cc(C(=O)Nc4ccc(Cl)cc4)ccc3c2C(=O)c2ccc(OCCN3CCCCC3)cc2)cc1. The van der Waals surface area contributed by atoms with Gasteiger partial charge >= 0.3 is 0 Å². The molecule has 1 saturated heterocycles. The van der Waals surface area contributed by atoms with Gasteiger partial charge in [0, 0.05) is 65.2 Å². The number of thiophene rings is 1. The molecule has 6 aromatic rings. The monoisotopic (exact) mass is 747 g/mol. The molecule has 0 saturated carbocycles. The lowest BCUT2D eigenvalue weighted by molar-refractivity contribution is 0.101. The second-order valence-corrected chi connectivity index (χ2v) is 14.5. The summed E-state index contributed by atoms with van der Waals surface area (Å²) in [4.78, 5) is 43.8. The molecule has 1 fully saturated rings. The van der Waals surface area contributed by atoms with Crippen LogP contribution in [0.15, 0.2) is 115 Å². The number of benzene rings is 5. The summed E-state index contributed by atoms with van der Waals surface area (Å²) < 4.78 is 6.80. The molecule has 52 heavy (non-hydrogen) atoms. The number of carbonyl (C=O) groups excluding carboxylic acids is 3. The second kappa shape index (κ2) is 16.1. The Balaban J connectivity index is 1.16. The molecule has 2 amide bonds. The van der Waals surface area contributed by atoms with Crippen molar-refractivity contribution in [1.29, 1.82) is 0 Å². The quantitative estimate of drug-likeness (QED) is 0.129. The second-order valence-electron chi connectivity index (χ2n) is 12.6. The van der Waals surface area contributed by atoms with Crippen LogP contribution < -0.4 is 15.4 Å². The first kappa shape index (κ1) is 35.4. The molecule has 1 aromatic heterocycles. The number of ketones is 1. The number of rotatable bonds is 11. The number of piperidine rings is 1. The zero-order valence-electron chi connectivity index (χ0n) is 28.2. The van der Waals surface area contributed by atoms with Crippen molar-refractivity contribution in [1.82, 2.24) is 4.90 Å². The third-order valence-corrected chi connectivity index (χ3v) is 10.7. The predicted octanol–water partition coefficient (Wildman–Crippen LogP) is 10.5. The van der Waals surface area contributed by atoms with Crippen molar-refractivity contribution in [3.8, 4) is 16.2 Å². The molecule has 7 rings (SSSR count). The number of halogens is 2. The number of amides is 2. The van der Waals surface area contributed by atoms with Gasteiger partial charge in [0.05, 0.1) is 0 Å². The van der Waals surface area contributed by atoms with Crippen molar-refractivity contribution in [2.45, 2.75) is 19.3 Å². The Bertz CT molecular complexity index is 2210. The lowest BCUT2D eigenvalue weighted by Gasteiger charge is -2.26. The number of likely N-dealkylation sites (tertiary alicyclic amines) is 1. The summed E-state index contributed by atoms with van der Waals surface area (Å²) in [5, 5.41) is 7.68. The summed E-state index contributed by atoms with van der Waals surface area (Å²) in [6.07, 6.45) is 3.76. The number of carbonyl (C=O) groups is 3. The van der Waals surface area contributed by atoms with E-state index in [2.05, 4.69) is 15.5 Å². The average Bonchev–Trinajstić information content (AvgIpc) is 3.56. The van der Waals surface area contributed by atoms with E-state index in [0.29, 0.717) is 56.0 Å². The molecule has 0 radical (unpaired) electrons. The Morgan fingerprint density at radius 2 is 1.21 bits per heavy atom. The first-order valence-electron chi connectivity index (χ1n) is 17.1. The highest BCUT2D eigenvalue weighted by Crippen LogP contribution is 2.41. The van der Waals surface area contributed by atoms with Crippen LogP contribution in [0.5, 0.6) is 5.75 Å². The van der Waals surface area contributed by atoms with Crippen LogP contribution in [0.4, 0.5) is 11.4 Å². The molecule has 5 aromatic carbocycles. The van der Waals surface area contributed by atoms with Crippen LogP contribution in [0.2, 0.25) is 10.0 Å². The maximum Gasteiger partial charge on any atom is 0.255 e. The minimum Gasteiger partial charge on any atom is -0.492 e. The van der Waals surface area contributed by atoms with Crippen LogP contribution in [-0.2, 0) is 0 Å². The van der Waals surface area contributed by atoms with Crippen LogP contribution in [0.25, 0.3) is 20.5 Å². The highest BCUT2D eigenvalue weighted by molar-refractivity contribution is 7.22. The summed E-state index contributed by atoms with van der Waals surface area (Å²) in [7, 11) is 0. The molecule has 7 nitrogen and oxygen atoms in total. The summed E-state index contributed by atoms with van der Waals surface area (Å²) in [5.41, 5.74) is 3.99. The van der Waals surface area contributed by atoms with Gasteiger partial charge in [-0.3, -0.25) is 19.3 Å². The van der Waals surface area contributed by atoms with Gasteiger partial charge in [-0.1, -0.05) is 47.8 Å². The largest absolute Gasteiger partial charge is 0.492 e. The van der Waals surface area contributed by atoms with E-state index >= 15 is 0 Å². The smallest absolute Gasteiger partial charge is 0.255 e. The minimum atomic E-state index is -0.279. The van der Waals surface area contributed by atoms with Crippen LogP contribution in [-0.4, -0.2) is 48.7 Å². The molecule has 2 N–H and O–H groups in total. The van der Waals surface area contributed by atoms with Crippen molar-refractivity contribution in [3.05, 3.63) is 148 Å². The lowest BCUT2D eigenvalue weighted by atomic mass is 9.96. The molecular weight excluding hydrogens is 713 g/mol. The number of ether oxygens (including phenoxy) is 1. The highest BCUT2D eigenvalue weighted by Gasteiger charge is 2.23. The molecule has 0 atom stereocenters. The molecule has 1 aliphatic rings. The van der Waals surface area contributed by atoms with Crippen LogP contribution >= 0.6 is 34.5 Å². The first-order chi connectivity index (χ1) is 25.3. The van der Waals surface area contributed by atoms with Gasteiger partial charge < -0.3 is 15.4 Å². The summed E-state index contributed by atoms with van der Waals surface area (Å²) >= 11 is 13.4. The fourth-order valence-corrected chi connectivity index (χ4v) is 7.73. The normalized spacial score (nSPS) is 13.1. The topological polar surface area (TPSA) is 87.7 Å². The Hall–Kier alpha value is -4.99. The number of nitrogens with one attached hydrogen (secondary N) is 2. The molecule has 0 unspecified atom stereocenters. The zero-order chi connectivity index (χ0) is 36.0. The van der Waals surface area contributed by atoms with Gasteiger partial charge in [-0.05, 0) is 129 Å². The van der Waals surface area contributed by atoms with E-state index in [1.54, 1.807) is 84.9 Å². The highest BCUT2D eigenvalue weighted by atomic mass is 35.5. The molecular formula is C42H35Cl2N3O4S. The molecule has 0 aliphatic carbocycles. The fourth-order valence-electron chi connectivity index (χ4n) is 6.23. The van der Waals surface area contributed by atoms with E-state index in [-0.39, 0.29) is 17.6 Å². The van der Waals surface area contributed by atoms with Gasteiger partial charge in [-0.25, -0.2) is 0 Å². The van der Waals surface area contributed by atoms with E-state index in [4.69, 9.17) is 27.9 Å². The number of fused-ring (bicyclic) bond motifs is 1. The molecule has 0 spiro atoms. The minimum absolute atomic E-state index is 0.149. The van der Waals surface area contributed by atoms with E-state index < -0.39 is 0 Å². The van der Waals surface area contributed by atoms with E-state index in [0.717, 1.165) is 40.2 Å². The summed E-state index contributed by atoms with van der Waals surface area (Å²) in [6.45, 7) is 3.70. The van der Waals surface area contributed by atoms with Gasteiger partial charge in [0.2, 0.25) is 0 Å². The molecule has 2 heterocycles. The molecule has 0 bridgehead atoms. The van der Waals surface area contributed by atoms with E-state index in [9.17, 15) is 14.4 Å². The van der Waals surface area contributed by atoms with E-state index in [1.807, 2.05) is 30.3 Å². The number of hydrogen-bond acceptors (Lipinski definition) is 6. The molecule has 10 heteroatoms. The number of nitrogens with zero attached hydrogens (tertiary/aromatic N) is 1. The lowest BCUT2D eigenvalue weighted by Crippen LogP contribution is -2.33. The Kier molecular flexibility index (Phi) is 11.0. The Morgan fingerprint density at radius 1 is 0.654 bits per heavy atom. The van der Waals surface area contributed by atoms with Crippen molar-refractivity contribution in [3.63, 3.8) is 0 Å². The number of anilines is 2. The molecule has 262 valence electrons. The number of hydrogen-bond donors (Lipinski definition) is 2. The van der Waals surface area contributed by atoms with Crippen molar-refractivity contribution in [2.24, 2.45) is 0 Å². The van der Waals surface area contributed by atoms with Crippen LogP contribution in [0, 0.1) is 0 Å². The fraction of sp³-hybridized carbons (Fsp3) is 0.167. The van der Waals surface area contributed by atoms with Gasteiger partial charge in [0.1, 0.15) is 12.4 Å². The molecule has 1 aliphatic heterocycles. The van der Waals surface area contributed by atoms with Crippen molar-refractivity contribution < 1.29 is 19.1 Å². The predicted molar refractivity (Wildman–Crippen MR) is 212 cm³/mol. The zero-order valence-corrected chi connectivity index (χ0v) is 30.5. The van der Waals surface area contributed by atoms with Gasteiger partial charge in [-0.2, -0.15) is 0 Å². The van der Waals surface area contributed by atoms with Gasteiger partial charge in [0.15, 0.2) is 5.78 Å². The maximum absolute atomic E-state index is 14.3. The standard InChI is InChI=1S/C42H35Cl2N3O4S/c43-31-11-15-33(16-12-31)45-41(49)29-6-4-28(5-7-29)40-38(39(48)27-8-19-35(20-9-27)51-25-24-47-22-2-1-3-23-47)36-21-10-30(26-37(36)52-40)42(50)46-34-17-13-32(44)14-18-34/h4-21,26H,1-3,22-25H2,(H,45,49)(H,46,50). The third-order valence-electron chi connectivity index (χ3n) is 9.03. The van der Waals surface area contributed by atoms with Crippen LogP contribution in [0.3, 0.4) is 0 Å². The third kappa shape index (κ3) is 8.38. The first-order valence-corrected chi connectivity index (χ1v) is 18.7. The van der Waals surface area contributed by atoms with Gasteiger partial charge in [-0.15, -0.1) is 11.3 Å². The van der Waals surface area contributed by atoms with Gasteiger partial charge in [0.25, 0.3) is 11.8 Å². The Labute approximate surface area is 316 Å². The van der Waals surface area contributed by atoms with Crippen molar-refractivity contribution in [2.75, 3.05) is 36.9 Å². The summed E-state index contributed by atoms with van der Waals surface area (Å²) in [6, 6.07) is 33.6. The summed E-state index contributed by atoms with van der Waals surface area (Å²) in [5.74, 6) is 0.0203. The maximum atomic E-state index is 14.3. The van der Waals surface area contributed by atoms with Crippen LogP contribution in [0.1, 0.15) is 55.9 Å². The van der Waals surface area contributed by atoms with Crippen molar-refractivity contribution >= 4 is 73.6 Å².